The third-order valence-corrected chi connectivity index (χ3v) is 7.93. The van der Waals surface area contributed by atoms with Crippen molar-refractivity contribution < 1.29 is 0 Å². The van der Waals surface area contributed by atoms with Crippen molar-refractivity contribution in [2.45, 2.75) is 5.41 Å². The Kier molecular flexibility index (Phi) is 4.90. The Morgan fingerprint density at radius 2 is 1.28 bits per heavy atom. The highest BCUT2D eigenvalue weighted by Crippen LogP contribution is 2.58. The maximum Gasteiger partial charge on any atom is 0.0714 e. The number of aromatic nitrogens is 1. The van der Waals surface area contributed by atoms with Gasteiger partial charge in [0.1, 0.15) is 0 Å². The summed E-state index contributed by atoms with van der Waals surface area (Å²) in [6.45, 7) is 0. The first kappa shape index (κ1) is 21.3. The summed E-state index contributed by atoms with van der Waals surface area (Å²) in [6, 6.07) is 46.2. The van der Waals surface area contributed by atoms with Crippen molar-refractivity contribution in [3.8, 4) is 22.4 Å². The quantitative estimate of drug-likeness (QED) is 0.225. The summed E-state index contributed by atoms with van der Waals surface area (Å²) in [5.41, 5.74) is 9.44. The Morgan fingerprint density at radius 1 is 0.583 bits per heavy atom. The highest BCUT2D eigenvalue weighted by molar-refractivity contribution is 9.10. The van der Waals surface area contributed by atoms with Gasteiger partial charge in [0.15, 0.2) is 0 Å². The predicted molar refractivity (Wildman–Crippen MR) is 152 cm³/mol. The summed E-state index contributed by atoms with van der Waals surface area (Å²) in [5.74, 6) is 0. The van der Waals surface area contributed by atoms with Crippen LogP contribution in [0.2, 0.25) is 0 Å². The molecule has 36 heavy (non-hydrogen) atoms. The van der Waals surface area contributed by atoms with Gasteiger partial charge in [-0.3, -0.25) is 4.98 Å². The highest BCUT2D eigenvalue weighted by Gasteiger charge is 2.46. The van der Waals surface area contributed by atoms with Crippen LogP contribution in [0.25, 0.3) is 33.2 Å². The summed E-state index contributed by atoms with van der Waals surface area (Å²) >= 11 is 3.53. The minimum absolute atomic E-state index is 0.428. The van der Waals surface area contributed by atoms with Gasteiger partial charge in [0.05, 0.1) is 11.1 Å². The van der Waals surface area contributed by atoms with Gasteiger partial charge >= 0.3 is 0 Å². The predicted octanol–water partition coefficient (Wildman–Crippen LogP) is 9.03. The second kappa shape index (κ2) is 8.29. The Morgan fingerprint density at radius 3 is 1.97 bits per heavy atom. The van der Waals surface area contributed by atoms with E-state index in [2.05, 4.69) is 143 Å². The molecule has 1 aliphatic rings. The van der Waals surface area contributed by atoms with E-state index in [9.17, 15) is 0 Å². The SMILES string of the molecule is Brc1ccc(-c2ccc3c(c2)C(c2ccccc2)(c2ccccc2)c2ccc4ccccc4c2-3)nc1. The molecule has 0 aliphatic heterocycles. The molecule has 6 aromatic rings. The first-order chi connectivity index (χ1) is 17.8. The van der Waals surface area contributed by atoms with Gasteiger partial charge in [-0.25, -0.2) is 0 Å². The van der Waals surface area contributed by atoms with Crippen molar-refractivity contribution in [2.24, 2.45) is 0 Å². The fourth-order valence-corrected chi connectivity index (χ4v) is 6.20. The highest BCUT2D eigenvalue weighted by atomic mass is 79.9. The molecule has 0 N–H and O–H groups in total. The van der Waals surface area contributed by atoms with Crippen molar-refractivity contribution in [2.75, 3.05) is 0 Å². The van der Waals surface area contributed by atoms with E-state index in [-0.39, 0.29) is 0 Å². The van der Waals surface area contributed by atoms with Crippen molar-refractivity contribution >= 4 is 26.7 Å². The van der Waals surface area contributed by atoms with E-state index >= 15 is 0 Å². The van der Waals surface area contributed by atoms with Gasteiger partial charge in [0.25, 0.3) is 0 Å². The largest absolute Gasteiger partial charge is 0.255 e. The van der Waals surface area contributed by atoms with E-state index in [0.717, 1.165) is 15.7 Å². The number of pyridine rings is 1. The van der Waals surface area contributed by atoms with Gasteiger partial charge in [-0.05, 0) is 78.3 Å². The third kappa shape index (κ3) is 3.04. The van der Waals surface area contributed by atoms with Crippen LogP contribution in [-0.4, -0.2) is 4.98 Å². The number of hydrogen-bond donors (Lipinski definition) is 0. The van der Waals surface area contributed by atoms with Crippen LogP contribution in [0.4, 0.5) is 0 Å². The van der Waals surface area contributed by atoms with E-state index in [1.165, 1.54) is 44.2 Å². The normalized spacial score (nSPS) is 13.4. The lowest BCUT2D eigenvalue weighted by molar-refractivity contribution is 0.769. The van der Waals surface area contributed by atoms with Crippen LogP contribution < -0.4 is 0 Å². The monoisotopic (exact) mass is 523 g/mol. The van der Waals surface area contributed by atoms with Gasteiger partial charge in [-0.15, -0.1) is 0 Å². The molecule has 0 fully saturated rings. The van der Waals surface area contributed by atoms with Crippen molar-refractivity contribution in [1.82, 2.24) is 4.98 Å². The summed E-state index contributed by atoms with van der Waals surface area (Å²) in [4.78, 5) is 4.72. The second-order valence-corrected chi connectivity index (χ2v) is 10.2. The van der Waals surface area contributed by atoms with Gasteiger partial charge in [0.2, 0.25) is 0 Å². The average Bonchev–Trinajstić information content (AvgIpc) is 3.25. The van der Waals surface area contributed by atoms with E-state index in [1.54, 1.807) is 0 Å². The van der Waals surface area contributed by atoms with E-state index < -0.39 is 5.41 Å². The van der Waals surface area contributed by atoms with Crippen LogP contribution in [0.3, 0.4) is 0 Å². The molecule has 7 rings (SSSR count). The molecule has 0 radical (unpaired) electrons. The summed E-state index contributed by atoms with van der Waals surface area (Å²) in [7, 11) is 0. The molecule has 5 aromatic carbocycles. The maximum atomic E-state index is 4.72. The topological polar surface area (TPSA) is 12.9 Å². The molecule has 1 aliphatic carbocycles. The van der Waals surface area contributed by atoms with E-state index in [0.29, 0.717) is 0 Å². The van der Waals surface area contributed by atoms with Crippen LogP contribution in [0, 0.1) is 0 Å². The minimum atomic E-state index is -0.428. The van der Waals surface area contributed by atoms with Crippen LogP contribution in [0.1, 0.15) is 22.3 Å². The lowest BCUT2D eigenvalue weighted by Crippen LogP contribution is -2.28. The molecular formula is C34H22BrN. The van der Waals surface area contributed by atoms with Crippen molar-refractivity contribution in [1.29, 1.82) is 0 Å². The number of hydrogen-bond acceptors (Lipinski definition) is 1. The van der Waals surface area contributed by atoms with E-state index in [4.69, 9.17) is 4.98 Å². The molecule has 0 amide bonds. The standard InChI is InChI=1S/C34H22BrN/c35-27-17-20-32(36-22-27)24-15-18-29-31(21-24)34(25-10-3-1-4-11-25,26-12-5-2-6-13-26)30-19-16-23-9-7-8-14-28(23)33(29)30/h1-22H. The zero-order chi connectivity index (χ0) is 24.1. The Bertz CT molecular complexity index is 1680. The number of rotatable bonds is 3. The Balaban J connectivity index is 1.64. The number of benzene rings is 5. The number of nitrogens with zero attached hydrogens (tertiary/aromatic N) is 1. The van der Waals surface area contributed by atoms with Gasteiger partial charge in [-0.1, -0.05) is 109 Å². The average molecular weight is 524 g/mol. The molecule has 1 aromatic heterocycles. The molecule has 170 valence electrons. The molecule has 0 bridgehead atoms. The van der Waals surface area contributed by atoms with Crippen LogP contribution in [0.5, 0.6) is 0 Å². The molecule has 0 saturated heterocycles. The number of fused-ring (bicyclic) bond motifs is 5. The summed E-state index contributed by atoms with van der Waals surface area (Å²) in [5, 5.41) is 2.55. The maximum absolute atomic E-state index is 4.72. The van der Waals surface area contributed by atoms with Crippen LogP contribution in [0.15, 0.2) is 138 Å². The molecule has 2 heteroatoms. The molecule has 0 spiro atoms. The molecule has 0 unspecified atom stereocenters. The van der Waals surface area contributed by atoms with E-state index in [1.807, 2.05) is 6.20 Å². The first-order valence-electron chi connectivity index (χ1n) is 12.2. The molecule has 1 heterocycles. The fourth-order valence-electron chi connectivity index (χ4n) is 5.96. The molecule has 0 atom stereocenters. The van der Waals surface area contributed by atoms with Crippen molar-refractivity contribution in [3.05, 3.63) is 160 Å². The van der Waals surface area contributed by atoms with Gasteiger partial charge in [0, 0.05) is 16.2 Å². The summed E-state index contributed by atoms with van der Waals surface area (Å²) in [6.07, 6.45) is 1.87. The van der Waals surface area contributed by atoms with Crippen molar-refractivity contribution in [3.63, 3.8) is 0 Å². The zero-order valence-electron chi connectivity index (χ0n) is 19.5. The first-order valence-corrected chi connectivity index (χ1v) is 13.0. The zero-order valence-corrected chi connectivity index (χ0v) is 21.1. The minimum Gasteiger partial charge on any atom is -0.255 e. The fraction of sp³-hybridized carbons (Fsp3) is 0.0294. The van der Waals surface area contributed by atoms with Crippen LogP contribution >= 0.6 is 15.9 Å². The number of halogens is 1. The molecule has 1 nitrogen and oxygen atoms in total. The summed E-state index contributed by atoms with van der Waals surface area (Å²) < 4.78 is 0.981. The van der Waals surface area contributed by atoms with Gasteiger partial charge < -0.3 is 0 Å². The van der Waals surface area contributed by atoms with Gasteiger partial charge in [-0.2, -0.15) is 0 Å². The Hall–Kier alpha value is -4.01. The molecule has 0 saturated carbocycles. The van der Waals surface area contributed by atoms with Crippen LogP contribution in [-0.2, 0) is 5.41 Å². The Labute approximate surface area is 219 Å². The lowest BCUT2D eigenvalue weighted by Gasteiger charge is -2.34. The third-order valence-electron chi connectivity index (χ3n) is 7.46. The lowest BCUT2D eigenvalue weighted by atomic mass is 9.67. The molecular weight excluding hydrogens is 502 g/mol. The second-order valence-electron chi connectivity index (χ2n) is 9.31. The smallest absolute Gasteiger partial charge is 0.0714 e.